The standard InChI is InChI=1S/C20H13ClN2O/c21-15-8-10-16(11-9-15)24-20-19(22-12-13-23-20)18-7-3-5-14-4-1-2-6-17(14)18/h1-13H. The van der Waals surface area contributed by atoms with Crippen molar-refractivity contribution in [2.24, 2.45) is 0 Å². The molecule has 0 aliphatic carbocycles. The SMILES string of the molecule is Clc1ccc(Oc2nccnc2-c2cccc3ccccc23)cc1. The van der Waals surface area contributed by atoms with Crippen molar-refractivity contribution < 1.29 is 4.74 Å². The highest BCUT2D eigenvalue weighted by molar-refractivity contribution is 6.30. The van der Waals surface area contributed by atoms with Crippen LogP contribution in [0.1, 0.15) is 0 Å². The molecule has 0 atom stereocenters. The van der Waals surface area contributed by atoms with E-state index in [1.165, 1.54) is 0 Å². The Kier molecular flexibility index (Phi) is 3.85. The smallest absolute Gasteiger partial charge is 0.246 e. The van der Waals surface area contributed by atoms with Gasteiger partial charge < -0.3 is 4.74 Å². The molecule has 0 aliphatic rings. The van der Waals surface area contributed by atoms with Crippen molar-refractivity contribution in [1.82, 2.24) is 9.97 Å². The zero-order valence-corrected chi connectivity index (χ0v) is 13.4. The van der Waals surface area contributed by atoms with E-state index in [1.54, 1.807) is 24.5 Å². The number of aromatic nitrogens is 2. The normalized spacial score (nSPS) is 10.7. The van der Waals surface area contributed by atoms with Crippen molar-refractivity contribution in [3.05, 3.63) is 84.1 Å². The van der Waals surface area contributed by atoms with E-state index >= 15 is 0 Å². The summed E-state index contributed by atoms with van der Waals surface area (Å²) >= 11 is 5.92. The number of halogens is 1. The van der Waals surface area contributed by atoms with E-state index < -0.39 is 0 Å². The van der Waals surface area contributed by atoms with E-state index in [9.17, 15) is 0 Å². The van der Waals surface area contributed by atoms with Crippen molar-refractivity contribution in [3.8, 4) is 22.9 Å². The maximum Gasteiger partial charge on any atom is 0.246 e. The first kappa shape index (κ1) is 14.7. The van der Waals surface area contributed by atoms with Crippen LogP contribution in [0.4, 0.5) is 0 Å². The lowest BCUT2D eigenvalue weighted by Crippen LogP contribution is -1.94. The predicted molar refractivity (Wildman–Crippen MR) is 96.5 cm³/mol. The quantitative estimate of drug-likeness (QED) is 0.479. The minimum Gasteiger partial charge on any atom is -0.437 e. The van der Waals surface area contributed by atoms with Gasteiger partial charge in [0, 0.05) is 23.0 Å². The first-order valence-corrected chi connectivity index (χ1v) is 7.91. The van der Waals surface area contributed by atoms with Crippen molar-refractivity contribution in [2.75, 3.05) is 0 Å². The minimum absolute atomic E-state index is 0.469. The number of rotatable bonds is 3. The Morgan fingerprint density at radius 1 is 0.750 bits per heavy atom. The van der Waals surface area contributed by atoms with Crippen LogP contribution in [0, 0.1) is 0 Å². The molecule has 0 saturated heterocycles. The summed E-state index contributed by atoms with van der Waals surface area (Å²) in [6.07, 6.45) is 3.30. The maximum atomic E-state index is 5.94. The Hall–Kier alpha value is -2.91. The van der Waals surface area contributed by atoms with Gasteiger partial charge in [0.15, 0.2) is 0 Å². The van der Waals surface area contributed by atoms with E-state index in [0.717, 1.165) is 16.3 Å². The summed E-state index contributed by atoms with van der Waals surface area (Å²) in [5.74, 6) is 1.14. The zero-order valence-electron chi connectivity index (χ0n) is 12.7. The first-order chi connectivity index (χ1) is 11.8. The van der Waals surface area contributed by atoms with Gasteiger partial charge in [-0.1, -0.05) is 54.1 Å². The highest BCUT2D eigenvalue weighted by atomic mass is 35.5. The lowest BCUT2D eigenvalue weighted by atomic mass is 10.0. The molecule has 0 N–H and O–H groups in total. The fraction of sp³-hybridized carbons (Fsp3) is 0. The van der Waals surface area contributed by atoms with Gasteiger partial charge in [0.05, 0.1) is 0 Å². The third-order valence-corrected chi connectivity index (χ3v) is 3.99. The van der Waals surface area contributed by atoms with Gasteiger partial charge in [-0.05, 0) is 35.0 Å². The van der Waals surface area contributed by atoms with E-state index in [0.29, 0.717) is 22.3 Å². The summed E-state index contributed by atoms with van der Waals surface area (Å²) < 4.78 is 5.94. The molecule has 0 fully saturated rings. The Bertz CT molecular complexity index is 994. The molecule has 1 heterocycles. The van der Waals surface area contributed by atoms with Gasteiger partial charge in [-0.2, -0.15) is 0 Å². The molecule has 0 aliphatic heterocycles. The topological polar surface area (TPSA) is 35.0 Å². The number of hydrogen-bond acceptors (Lipinski definition) is 3. The van der Waals surface area contributed by atoms with Crippen LogP contribution in [-0.4, -0.2) is 9.97 Å². The summed E-state index contributed by atoms with van der Waals surface area (Å²) in [5.41, 5.74) is 1.70. The Balaban J connectivity index is 1.82. The molecular formula is C20H13ClN2O. The zero-order chi connectivity index (χ0) is 16.4. The molecule has 116 valence electrons. The minimum atomic E-state index is 0.469. The van der Waals surface area contributed by atoms with Gasteiger partial charge in [0.1, 0.15) is 11.4 Å². The third kappa shape index (κ3) is 2.82. The largest absolute Gasteiger partial charge is 0.437 e. The van der Waals surface area contributed by atoms with Crippen LogP contribution < -0.4 is 4.74 Å². The number of fused-ring (bicyclic) bond motifs is 1. The summed E-state index contributed by atoms with van der Waals surface area (Å²) in [6, 6.07) is 21.5. The first-order valence-electron chi connectivity index (χ1n) is 7.54. The molecule has 0 spiro atoms. The molecule has 0 unspecified atom stereocenters. The molecule has 0 radical (unpaired) electrons. The molecule has 24 heavy (non-hydrogen) atoms. The summed E-state index contributed by atoms with van der Waals surface area (Å²) in [5, 5.41) is 2.93. The number of benzene rings is 3. The van der Waals surface area contributed by atoms with Gasteiger partial charge in [-0.25, -0.2) is 9.97 Å². The van der Waals surface area contributed by atoms with E-state index in [4.69, 9.17) is 16.3 Å². The van der Waals surface area contributed by atoms with Crippen molar-refractivity contribution in [2.45, 2.75) is 0 Å². The van der Waals surface area contributed by atoms with Crippen LogP contribution in [0.5, 0.6) is 11.6 Å². The molecular weight excluding hydrogens is 320 g/mol. The molecule has 0 amide bonds. The Morgan fingerprint density at radius 3 is 2.38 bits per heavy atom. The Labute approximate surface area is 144 Å². The van der Waals surface area contributed by atoms with Crippen LogP contribution in [0.25, 0.3) is 22.0 Å². The maximum absolute atomic E-state index is 5.94. The second-order valence-corrected chi connectivity index (χ2v) is 5.73. The predicted octanol–water partition coefficient (Wildman–Crippen LogP) is 5.74. The average Bonchev–Trinajstić information content (AvgIpc) is 2.64. The summed E-state index contributed by atoms with van der Waals surface area (Å²) in [4.78, 5) is 8.86. The van der Waals surface area contributed by atoms with Crippen LogP contribution in [0.2, 0.25) is 5.02 Å². The van der Waals surface area contributed by atoms with E-state index in [1.807, 2.05) is 36.4 Å². The molecule has 4 rings (SSSR count). The summed E-state index contributed by atoms with van der Waals surface area (Å²) in [7, 11) is 0. The fourth-order valence-corrected chi connectivity index (χ4v) is 2.76. The number of nitrogens with zero attached hydrogens (tertiary/aromatic N) is 2. The van der Waals surface area contributed by atoms with Crippen LogP contribution in [0.15, 0.2) is 79.1 Å². The number of hydrogen-bond donors (Lipinski definition) is 0. The van der Waals surface area contributed by atoms with Crippen molar-refractivity contribution in [3.63, 3.8) is 0 Å². The van der Waals surface area contributed by atoms with Gasteiger partial charge in [0.2, 0.25) is 5.88 Å². The van der Waals surface area contributed by atoms with Crippen molar-refractivity contribution >= 4 is 22.4 Å². The van der Waals surface area contributed by atoms with Gasteiger partial charge in [-0.3, -0.25) is 0 Å². The molecule has 1 aromatic heterocycles. The highest BCUT2D eigenvalue weighted by Gasteiger charge is 2.13. The lowest BCUT2D eigenvalue weighted by Gasteiger charge is -2.11. The van der Waals surface area contributed by atoms with Gasteiger partial charge in [0.25, 0.3) is 0 Å². The second-order valence-electron chi connectivity index (χ2n) is 5.29. The molecule has 4 aromatic rings. The number of ether oxygens (including phenoxy) is 1. The Morgan fingerprint density at radius 2 is 1.50 bits per heavy atom. The summed E-state index contributed by atoms with van der Waals surface area (Å²) in [6.45, 7) is 0. The van der Waals surface area contributed by atoms with Crippen LogP contribution in [-0.2, 0) is 0 Å². The van der Waals surface area contributed by atoms with Crippen molar-refractivity contribution in [1.29, 1.82) is 0 Å². The van der Waals surface area contributed by atoms with Gasteiger partial charge in [-0.15, -0.1) is 0 Å². The monoisotopic (exact) mass is 332 g/mol. The molecule has 0 bridgehead atoms. The van der Waals surface area contributed by atoms with E-state index in [2.05, 4.69) is 28.2 Å². The fourth-order valence-electron chi connectivity index (χ4n) is 2.63. The third-order valence-electron chi connectivity index (χ3n) is 3.74. The molecule has 0 saturated carbocycles. The van der Waals surface area contributed by atoms with E-state index in [-0.39, 0.29) is 0 Å². The second kappa shape index (κ2) is 6.30. The average molecular weight is 333 g/mol. The van der Waals surface area contributed by atoms with Crippen LogP contribution >= 0.6 is 11.6 Å². The lowest BCUT2D eigenvalue weighted by molar-refractivity contribution is 0.462. The highest BCUT2D eigenvalue weighted by Crippen LogP contribution is 2.34. The van der Waals surface area contributed by atoms with Crippen LogP contribution in [0.3, 0.4) is 0 Å². The van der Waals surface area contributed by atoms with Gasteiger partial charge >= 0.3 is 0 Å². The molecule has 4 heteroatoms. The molecule has 3 nitrogen and oxygen atoms in total. The molecule has 3 aromatic carbocycles.